The van der Waals surface area contributed by atoms with Crippen LogP contribution < -0.4 is 10.3 Å². The molecule has 10 heteroatoms. The van der Waals surface area contributed by atoms with Gasteiger partial charge in [0.05, 0.1) is 37.6 Å². The van der Waals surface area contributed by atoms with E-state index in [9.17, 15) is 19.7 Å². The summed E-state index contributed by atoms with van der Waals surface area (Å²) in [6.45, 7) is -0.0228. The van der Waals surface area contributed by atoms with E-state index in [2.05, 4.69) is 9.72 Å². The first-order valence-electron chi connectivity index (χ1n) is 7.99. The van der Waals surface area contributed by atoms with Crippen LogP contribution in [0.25, 0.3) is 10.6 Å². The molecule has 0 saturated carbocycles. The van der Waals surface area contributed by atoms with Gasteiger partial charge in [0, 0.05) is 17.0 Å². The lowest BCUT2D eigenvalue weighted by Crippen LogP contribution is -2.27. The number of rotatable bonds is 6. The molecule has 9 nitrogen and oxygen atoms in total. The van der Waals surface area contributed by atoms with Crippen LogP contribution in [0.2, 0.25) is 0 Å². The lowest BCUT2D eigenvalue weighted by molar-refractivity contribution is -0.385. The number of carbonyl (C=O) groups excluding carboxylic acids is 1. The van der Waals surface area contributed by atoms with Crippen LogP contribution in [0.5, 0.6) is 5.75 Å². The van der Waals surface area contributed by atoms with Crippen molar-refractivity contribution >= 4 is 23.0 Å². The number of thiazole rings is 1. The summed E-state index contributed by atoms with van der Waals surface area (Å²) in [5.74, 6) is -0.246. The molecule has 0 spiro atoms. The average molecular weight is 401 g/mol. The highest BCUT2D eigenvalue weighted by molar-refractivity contribution is 7.13. The summed E-state index contributed by atoms with van der Waals surface area (Å²) in [6, 6.07) is 8.27. The summed E-state index contributed by atoms with van der Waals surface area (Å²) in [5, 5.41) is 13.6. The van der Waals surface area contributed by atoms with E-state index in [1.165, 1.54) is 11.3 Å². The number of esters is 1. The van der Waals surface area contributed by atoms with Gasteiger partial charge in [-0.05, 0) is 12.1 Å². The molecule has 0 radical (unpaired) electrons. The van der Waals surface area contributed by atoms with Gasteiger partial charge in [-0.15, -0.1) is 11.3 Å². The quantitative estimate of drug-likeness (QED) is 0.354. The van der Waals surface area contributed by atoms with Gasteiger partial charge in [0.1, 0.15) is 16.3 Å². The zero-order valence-corrected chi connectivity index (χ0v) is 15.8. The number of hydrogen-bond acceptors (Lipinski definition) is 8. The maximum atomic E-state index is 12.5. The topological polar surface area (TPSA) is 114 Å². The van der Waals surface area contributed by atoms with E-state index in [-0.39, 0.29) is 12.2 Å². The van der Waals surface area contributed by atoms with Crippen LogP contribution in [-0.2, 0) is 11.3 Å². The highest BCUT2D eigenvalue weighted by Crippen LogP contribution is 2.27. The third-order valence-corrected chi connectivity index (χ3v) is 4.83. The van der Waals surface area contributed by atoms with Crippen LogP contribution >= 0.6 is 11.3 Å². The standard InChI is InChI=1S/C18H15N3O6S/c1-26-14-5-3-4-11(6-14)16-19-12(10-28-16)8-20-9-13(21(24)25)7-15(17(20)22)18(23)27-2/h3-7,9-10H,8H2,1-2H3. The first kappa shape index (κ1) is 19.2. The van der Waals surface area contributed by atoms with E-state index in [1.807, 2.05) is 24.3 Å². The average Bonchev–Trinajstić information content (AvgIpc) is 3.17. The van der Waals surface area contributed by atoms with E-state index in [0.717, 1.165) is 29.5 Å². The van der Waals surface area contributed by atoms with E-state index in [0.29, 0.717) is 16.5 Å². The van der Waals surface area contributed by atoms with Crippen molar-refractivity contribution in [2.24, 2.45) is 0 Å². The summed E-state index contributed by atoms with van der Waals surface area (Å²) in [4.78, 5) is 39.2. The molecule has 0 atom stereocenters. The number of hydrogen-bond donors (Lipinski definition) is 0. The van der Waals surface area contributed by atoms with E-state index in [1.54, 1.807) is 12.5 Å². The van der Waals surface area contributed by atoms with Gasteiger partial charge < -0.3 is 14.0 Å². The maximum absolute atomic E-state index is 12.5. The van der Waals surface area contributed by atoms with Crippen molar-refractivity contribution in [1.82, 2.24) is 9.55 Å². The second kappa shape index (κ2) is 8.01. The SMILES string of the molecule is COC(=O)c1cc([N+](=O)[O-])cn(Cc2csc(-c3cccc(OC)c3)n2)c1=O. The molecular formula is C18H15N3O6S. The molecule has 2 aromatic heterocycles. The molecule has 0 unspecified atom stereocenters. The molecule has 3 aromatic rings. The van der Waals surface area contributed by atoms with Crippen molar-refractivity contribution in [3.05, 3.63) is 73.6 Å². The lowest BCUT2D eigenvalue weighted by Gasteiger charge is -2.06. The first-order chi connectivity index (χ1) is 13.4. The van der Waals surface area contributed by atoms with Crippen molar-refractivity contribution < 1.29 is 19.2 Å². The Labute approximate surface area is 162 Å². The highest BCUT2D eigenvalue weighted by atomic mass is 32.1. The van der Waals surface area contributed by atoms with E-state index >= 15 is 0 Å². The van der Waals surface area contributed by atoms with Gasteiger partial charge in [0.25, 0.3) is 11.2 Å². The minimum atomic E-state index is -0.933. The molecule has 144 valence electrons. The van der Waals surface area contributed by atoms with Gasteiger partial charge in [-0.3, -0.25) is 14.9 Å². The van der Waals surface area contributed by atoms with Gasteiger partial charge in [-0.1, -0.05) is 12.1 Å². The van der Waals surface area contributed by atoms with Crippen molar-refractivity contribution in [3.8, 4) is 16.3 Å². The van der Waals surface area contributed by atoms with E-state index in [4.69, 9.17) is 4.74 Å². The Balaban J connectivity index is 1.97. The van der Waals surface area contributed by atoms with Crippen LogP contribution in [-0.4, -0.2) is 34.7 Å². The Morgan fingerprint density at radius 2 is 2.11 bits per heavy atom. The predicted molar refractivity (Wildman–Crippen MR) is 102 cm³/mol. The summed E-state index contributed by atoms with van der Waals surface area (Å²) >= 11 is 1.36. The van der Waals surface area contributed by atoms with E-state index < -0.39 is 22.0 Å². The molecule has 2 heterocycles. The fourth-order valence-electron chi connectivity index (χ4n) is 2.54. The fraction of sp³-hybridized carbons (Fsp3) is 0.167. The summed E-state index contributed by atoms with van der Waals surface area (Å²) in [6.07, 6.45) is 1.08. The number of carbonyl (C=O) groups is 1. The maximum Gasteiger partial charge on any atom is 0.343 e. The molecule has 0 aliphatic rings. The monoisotopic (exact) mass is 401 g/mol. The van der Waals surface area contributed by atoms with Gasteiger partial charge in [0.15, 0.2) is 0 Å². The van der Waals surface area contributed by atoms with Crippen molar-refractivity contribution in [3.63, 3.8) is 0 Å². The van der Waals surface area contributed by atoms with Crippen molar-refractivity contribution in [1.29, 1.82) is 0 Å². The van der Waals surface area contributed by atoms with Crippen LogP contribution in [0.4, 0.5) is 5.69 Å². The molecule has 0 saturated heterocycles. The third kappa shape index (κ3) is 3.91. The van der Waals surface area contributed by atoms with Gasteiger partial charge in [0.2, 0.25) is 0 Å². The second-order valence-electron chi connectivity index (χ2n) is 5.67. The van der Waals surface area contributed by atoms with Crippen LogP contribution in [0.15, 0.2) is 46.7 Å². The Morgan fingerprint density at radius 1 is 1.32 bits per heavy atom. The Bertz CT molecular complexity index is 1100. The molecule has 3 rings (SSSR count). The van der Waals surface area contributed by atoms with Crippen LogP contribution in [0, 0.1) is 10.1 Å². The molecule has 0 bridgehead atoms. The van der Waals surface area contributed by atoms with Crippen LogP contribution in [0.3, 0.4) is 0 Å². The van der Waals surface area contributed by atoms with Crippen molar-refractivity contribution in [2.75, 3.05) is 14.2 Å². The highest BCUT2D eigenvalue weighted by Gasteiger charge is 2.20. The fourth-order valence-corrected chi connectivity index (χ4v) is 3.34. The Kier molecular flexibility index (Phi) is 5.50. The summed E-state index contributed by atoms with van der Waals surface area (Å²) < 4.78 is 10.8. The number of pyridine rings is 1. The number of methoxy groups -OCH3 is 2. The third-order valence-electron chi connectivity index (χ3n) is 3.89. The number of ether oxygens (including phenoxy) is 2. The Hall–Kier alpha value is -3.53. The molecular weight excluding hydrogens is 386 g/mol. The summed E-state index contributed by atoms with van der Waals surface area (Å²) in [5.41, 5.74) is -0.102. The molecule has 1 aromatic carbocycles. The number of nitrogens with zero attached hydrogens (tertiary/aromatic N) is 3. The largest absolute Gasteiger partial charge is 0.497 e. The summed E-state index contributed by atoms with van der Waals surface area (Å²) in [7, 11) is 2.67. The Morgan fingerprint density at radius 3 is 2.79 bits per heavy atom. The molecule has 0 amide bonds. The molecule has 0 aliphatic carbocycles. The first-order valence-corrected chi connectivity index (χ1v) is 8.87. The lowest BCUT2D eigenvalue weighted by atomic mass is 10.2. The minimum Gasteiger partial charge on any atom is -0.497 e. The molecule has 28 heavy (non-hydrogen) atoms. The van der Waals surface area contributed by atoms with Crippen molar-refractivity contribution in [2.45, 2.75) is 6.54 Å². The predicted octanol–water partition coefficient (Wildman–Crippen LogP) is 2.72. The zero-order valence-electron chi connectivity index (χ0n) is 14.9. The molecule has 0 aliphatic heterocycles. The number of aromatic nitrogens is 2. The minimum absolute atomic E-state index is 0.0228. The second-order valence-corrected chi connectivity index (χ2v) is 6.53. The normalized spacial score (nSPS) is 10.5. The number of nitro groups is 1. The molecule has 0 N–H and O–H groups in total. The van der Waals surface area contributed by atoms with Crippen LogP contribution in [0.1, 0.15) is 16.1 Å². The van der Waals surface area contributed by atoms with Gasteiger partial charge in [-0.25, -0.2) is 9.78 Å². The zero-order chi connectivity index (χ0) is 20.3. The van der Waals surface area contributed by atoms with Gasteiger partial charge >= 0.3 is 5.97 Å². The molecule has 0 fully saturated rings. The van der Waals surface area contributed by atoms with Gasteiger partial charge in [-0.2, -0.15) is 0 Å². The smallest absolute Gasteiger partial charge is 0.343 e. The number of benzene rings is 1.